The van der Waals surface area contributed by atoms with E-state index in [1.807, 2.05) is 19.6 Å². The minimum atomic E-state index is 0.276. The molecule has 4 heteroatoms. The first-order valence-electron chi connectivity index (χ1n) is 6.11. The summed E-state index contributed by atoms with van der Waals surface area (Å²) in [7, 11) is 2.02. The minimum absolute atomic E-state index is 0.276. The molecule has 1 N–H and O–H groups in total. The molecule has 1 saturated heterocycles. The molecule has 1 aromatic rings. The molecule has 0 saturated carbocycles. The molecule has 16 heavy (non-hydrogen) atoms. The van der Waals surface area contributed by atoms with Gasteiger partial charge in [-0.25, -0.2) is 4.98 Å². The van der Waals surface area contributed by atoms with Crippen LogP contribution in [0.1, 0.15) is 31.4 Å². The van der Waals surface area contributed by atoms with Gasteiger partial charge < -0.3 is 9.67 Å². The number of likely N-dealkylation sites (tertiary alicyclic amines) is 1. The van der Waals surface area contributed by atoms with E-state index in [4.69, 9.17) is 0 Å². The van der Waals surface area contributed by atoms with Gasteiger partial charge in [0.1, 0.15) is 0 Å². The van der Waals surface area contributed by atoms with Crippen molar-refractivity contribution in [3.63, 3.8) is 0 Å². The Bertz CT molecular complexity index is 324. The van der Waals surface area contributed by atoms with Crippen molar-refractivity contribution in [2.75, 3.05) is 13.2 Å². The van der Waals surface area contributed by atoms with Crippen molar-refractivity contribution < 1.29 is 5.11 Å². The number of imidazole rings is 1. The zero-order chi connectivity index (χ0) is 11.4. The van der Waals surface area contributed by atoms with Crippen LogP contribution in [-0.2, 0) is 13.6 Å². The Kier molecular flexibility index (Phi) is 3.96. The first-order valence-corrected chi connectivity index (χ1v) is 6.11. The summed E-state index contributed by atoms with van der Waals surface area (Å²) in [6, 6.07) is 0.331. The van der Waals surface area contributed by atoms with Crippen molar-refractivity contribution >= 4 is 0 Å². The highest BCUT2D eigenvalue weighted by Gasteiger charge is 2.20. The average molecular weight is 223 g/mol. The van der Waals surface area contributed by atoms with Crippen LogP contribution in [0.15, 0.2) is 12.5 Å². The van der Waals surface area contributed by atoms with Gasteiger partial charge in [-0.05, 0) is 19.4 Å². The average Bonchev–Trinajstić information content (AvgIpc) is 2.56. The standard InChI is InChI=1S/C12H21N3O/c1-14-10-13-7-12(14)8-15-6-4-2-3-5-11(15)9-16/h7,10-11,16H,2-6,8-9H2,1H3. The molecule has 0 bridgehead atoms. The van der Waals surface area contributed by atoms with E-state index in [0.29, 0.717) is 6.04 Å². The molecule has 1 unspecified atom stereocenters. The van der Waals surface area contributed by atoms with Crippen LogP contribution < -0.4 is 0 Å². The molecule has 0 aliphatic carbocycles. The summed E-state index contributed by atoms with van der Waals surface area (Å²) in [5, 5.41) is 9.42. The van der Waals surface area contributed by atoms with E-state index in [-0.39, 0.29) is 6.61 Å². The third kappa shape index (κ3) is 2.62. The number of hydrogen-bond acceptors (Lipinski definition) is 3. The van der Waals surface area contributed by atoms with Crippen molar-refractivity contribution in [3.8, 4) is 0 Å². The molecule has 0 spiro atoms. The fourth-order valence-corrected chi connectivity index (χ4v) is 2.40. The number of aliphatic hydroxyl groups excluding tert-OH is 1. The molecule has 2 heterocycles. The molecule has 90 valence electrons. The highest BCUT2D eigenvalue weighted by Crippen LogP contribution is 2.18. The molecule has 1 aromatic heterocycles. The SMILES string of the molecule is Cn1cncc1CN1CCCCCC1CO. The van der Waals surface area contributed by atoms with Crippen LogP contribution in [0.5, 0.6) is 0 Å². The first kappa shape index (κ1) is 11.6. The van der Waals surface area contributed by atoms with Crippen LogP contribution in [0.25, 0.3) is 0 Å². The van der Waals surface area contributed by atoms with Gasteiger partial charge in [0.15, 0.2) is 0 Å². The van der Waals surface area contributed by atoms with Gasteiger partial charge in [-0.3, -0.25) is 4.90 Å². The molecular formula is C12H21N3O. The molecular weight excluding hydrogens is 202 g/mol. The van der Waals surface area contributed by atoms with Gasteiger partial charge in [-0.15, -0.1) is 0 Å². The predicted molar refractivity (Wildman–Crippen MR) is 63.0 cm³/mol. The lowest BCUT2D eigenvalue weighted by molar-refractivity contribution is 0.116. The lowest BCUT2D eigenvalue weighted by Crippen LogP contribution is -2.37. The third-order valence-corrected chi connectivity index (χ3v) is 3.49. The van der Waals surface area contributed by atoms with Crippen LogP contribution in [-0.4, -0.2) is 38.8 Å². The number of aryl methyl sites for hydroxylation is 1. The molecule has 2 rings (SSSR count). The number of aliphatic hydroxyl groups is 1. The van der Waals surface area contributed by atoms with Crippen LogP contribution in [0, 0.1) is 0 Å². The normalized spacial score (nSPS) is 23.2. The van der Waals surface area contributed by atoms with E-state index in [1.165, 1.54) is 25.0 Å². The fraction of sp³-hybridized carbons (Fsp3) is 0.750. The molecule has 0 aromatic carbocycles. The minimum Gasteiger partial charge on any atom is -0.395 e. The van der Waals surface area contributed by atoms with Gasteiger partial charge in [0, 0.05) is 25.8 Å². The second-order valence-corrected chi connectivity index (χ2v) is 4.65. The Morgan fingerprint density at radius 1 is 1.44 bits per heavy atom. The van der Waals surface area contributed by atoms with Crippen molar-refractivity contribution in [2.24, 2.45) is 7.05 Å². The number of nitrogens with zero attached hydrogens (tertiary/aromatic N) is 3. The van der Waals surface area contributed by atoms with E-state index in [0.717, 1.165) is 19.5 Å². The Hall–Kier alpha value is -0.870. The number of rotatable bonds is 3. The molecule has 0 amide bonds. The topological polar surface area (TPSA) is 41.3 Å². The van der Waals surface area contributed by atoms with Gasteiger partial charge in [-0.1, -0.05) is 12.8 Å². The van der Waals surface area contributed by atoms with Crippen molar-refractivity contribution in [1.82, 2.24) is 14.5 Å². The predicted octanol–water partition coefficient (Wildman–Crippen LogP) is 1.16. The van der Waals surface area contributed by atoms with Gasteiger partial charge in [0.05, 0.1) is 18.6 Å². The molecule has 4 nitrogen and oxygen atoms in total. The lowest BCUT2D eigenvalue weighted by Gasteiger charge is -2.28. The summed E-state index contributed by atoms with van der Waals surface area (Å²) in [6.45, 7) is 2.27. The summed E-state index contributed by atoms with van der Waals surface area (Å²) < 4.78 is 2.05. The zero-order valence-electron chi connectivity index (χ0n) is 9.97. The second kappa shape index (κ2) is 5.46. The maximum absolute atomic E-state index is 9.42. The van der Waals surface area contributed by atoms with Gasteiger partial charge in [0.25, 0.3) is 0 Å². The third-order valence-electron chi connectivity index (χ3n) is 3.49. The molecule has 1 fully saturated rings. The Morgan fingerprint density at radius 3 is 3.00 bits per heavy atom. The smallest absolute Gasteiger partial charge is 0.0945 e. The van der Waals surface area contributed by atoms with E-state index >= 15 is 0 Å². The second-order valence-electron chi connectivity index (χ2n) is 4.65. The summed E-state index contributed by atoms with van der Waals surface area (Å²) in [4.78, 5) is 6.53. The maximum atomic E-state index is 9.42. The molecule has 1 aliphatic rings. The summed E-state index contributed by atoms with van der Waals surface area (Å²) >= 11 is 0. The molecule has 1 aliphatic heterocycles. The highest BCUT2D eigenvalue weighted by atomic mass is 16.3. The Balaban J connectivity index is 2.03. The monoisotopic (exact) mass is 223 g/mol. The van der Waals surface area contributed by atoms with Crippen molar-refractivity contribution in [3.05, 3.63) is 18.2 Å². The maximum Gasteiger partial charge on any atom is 0.0945 e. The lowest BCUT2D eigenvalue weighted by atomic mass is 10.1. The number of hydrogen-bond donors (Lipinski definition) is 1. The van der Waals surface area contributed by atoms with E-state index < -0.39 is 0 Å². The Morgan fingerprint density at radius 2 is 2.31 bits per heavy atom. The van der Waals surface area contributed by atoms with Gasteiger partial charge >= 0.3 is 0 Å². The van der Waals surface area contributed by atoms with E-state index in [2.05, 4.69) is 14.5 Å². The van der Waals surface area contributed by atoms with Gasteiger partial charge in [0.2, 0.25) is 0 Å². The molecule has 0 radical (unpaired) electrons. The fourth-order valence-electron chi connectivity index (χ4n) is 2.40. The van der Waals surface area contributed by atoms with Crippen LogP contribution in [0.4, 0.5) is 0 Å². The van der Waals surface area contributed by atoms with Crippen molar-refractivity contribution in [2.45, 2.75) is 38.3 Å². The number of aromatic nitrogens is 2. The quantitative estimate of drug-likeness (QED) is 0.836. The summed E-state index contributed by atoms with van der Waals surface area (Å²) in [5.41, 5.74) is 1.22. The van der Waals surface area contributed by atoms with Crippen LogP contribution >= 0.6 is 0 Å². The van der Waals surface area contributed by atoms with Gasteiger partial charge in [-0.2, -0.15) is 0 Å². The summed E-state index contributed by atoms with van der Waals surface area (Å²) in [6.07, 6.45) is 8.65. The summed E-state index contributed by atoms with van der Waals surface area (Å²) in [5.74, 6) is 0. The van der Waals surface area contributed by atoms with E-state index in [9.17, 15) is 5.11 Å². The van der Waals surface area contributed by atoms with Crippen LogP contribution in [0.3, 0.4) is 0 Å². The largest absolute Gasteiger partial charge is 0.395 e. The zero-order valence-corrected chi connectivity index (χ0v) is 9.97. The van der Waals surface area contributed by atoms with E-state index in [1.54, 1.807) is 0 Å². The highest BCUT2D eigenvalue weighted by molar-refractivity contribution is 4.98. The van der Waals surface area contributed by atoms with Crippen LogP contribution in [0.2, 0.25) is 0 Å². The Labute approximate surface area is 96.9 Å². The first-order chi connectivity index (χ1) is 7.81. The van der Waals surface area contributed by atoms with Crippen molar-refractivity contribution in [1.29, 1.82) is 0 Å². The molecule has 1 atom stereocenters.